The average Bonchev–Trinajstić information content (AvgIpc) is 2.28. The zero-order chi connectivity index (χ0) is 13.9. The molecule has 0 fully saturated rings. The fourth-order valence-electron chi connectivity index (χ4n) is 1.28. The summed E-state index contributed by atoms with van der Waals surface area (Å²) in [4.78, 5) is 12.0. The van der Waals surface area contributed by atoms with E-state index in [1.807, 2.05) is 13.8 Å². The molecule has 6 heteroatoms. The Hall–Kier alpha value is -0.970. The molecule has 0 bridgehead atoms. The normalized spacial score (nSPS) is 11.2. The first-order valence-corrected chi connectivity index (χ1v) is 6.10. The minimum absolute atomic E-state index is 0.301. The lowest BCUT2D eigenvalue weighted by Crippen LogP contribution is -2.45. The lowest BCUT2D eigenvalue weighted by Gasteiger charge is -2.19. The van der Waals surface area contributed by atoms with E-state index in [-0.39, 0.29) is 5.91 Å². The number of ether oxygens (including phenoxy) is 1. The lowest BCUT2D eigenvalue weighted by molar-refractivity contribution is 0.0943. The molecular formula is C12H16Cl2N2O2. The molecule has 0 aromatic heterocycles. The zero-order valence-corrected chi connectivity index (χ0v) is 12.0. The van der Waals surface area contributed by atoms with Gasteiger partial charge in [0.1, 0.15) is 5.75 Å². The molecule has 0 atom stereocenters. The van der Waals surface area contributed by atoms with Crippen molar-refractivity contribution in [2.45, 2.75) is 19.4 Å². The quantitative estimate of drug-likeness (QED) is 0.895. The molecule has 0 spiro atoms. The highest BCUT2D eigenvalue weighted by Crippen LogP contribution is 2.30. The predicted octanol–water partition coefficient (Wildman–Crippen LogP) is 2.47. The number of methoxy groups -OCH3 is 1. The van der Waals surface area contributed by atoms with Gasteiger partial charge in [-0.3, -0.25) is 4.79 Å². The van der Waals surface area contributed by atoms with Gasteiger partial charge in [0.25, 0.3) is 5.91 Å². The van der Waals surface area contributed by atoms with Crippen LogP contribution in [0.15, 0.2) is 12.1 Å². The molecule has 0 unspecified atom stereocenters. The molecule has 0 saturated heterocycles. The van der Waals surface area contributed by atoms with E-state index in [1.54, 1.807) is 0 Å². The molecule has 0 heterocycles. The lowest BCUT2D eigenvalue weighted by atomic mass is 10.1. The van der Waals surface area contributed by atoms with Crippen LogP contribution in [0.5, 0.6) is 5.75 Å². The maximum atomic E-state index is 12.0. The van der Waals surface area contributed by atoms with Gasteiger partial charge in [-0.25, -0.2) is 0 Å². The van der Waals surface area contributed by atoms with Crippen molar-refractivity contribution < 1.29 is 9.53 Å². The molecule has 100 valence electrons. The largest absolute Gasteiger partial charge is 0.496 e. The van der Waals surface area contributed by atoms with Crippen molar-refractivity contribution in [3.8, 4) is 5.75 Å². The second-order valence-corrected chi connectivity index (χ2v) is 5.45. The van der Waals surface area contributed by atoms with Crippen molar-refractivity contribution >= 4 is 29.1 Å². The fourth-order valence-corrected chi connectivity index (χ4v) is 1.60. The highest BCUT2D eigenvalue weighted by molar-refractivity contribution is 6.42. The predicted molar refractivity (Wildman–Crippen MR) is 73.6 cm³/mol. The first-order valence-electron chi connectivity index (χ1n) is 5.34. The molecular weight excluding hydrogens is 275 g/mol. The second kappa shape index (κ2) is 5.78. The number of hydrogen-bond donors (Lipinski definition) is 2. The number of rotatable bonds is 4. The third-order valence-electron chi connectivity index (χ3n) is 2.19. The maximum absolute atomic E-state index is 12.0. The summed E-state index contributed by atoms with van der Waals surface area (Å²) >= 11 is 11.7. The monoisotopic (exact) mass is 290 g/mol. The van der Waals surface area contributed by atoms with E-state index in [4.69, 9.17) is 33.7 Å². The molecule has 0 aliphatic heterocycles. The minimum Gasteiger partial charge on any atom is -0.496 e. The van der Waals surface area contributed by atoms with Gasteiger partial charge in [-0.15, -0.1) is 0 Å². The molecule has 1 aromatic rings. The summed E-state index contributed by atoms with van der Waals surface area (Å²) in [5.74, 6) is 0.0701. The van der Waals surface area contributed by atoms with Gasteiger partial charge >= 0.3 is 0 Å². The Morgan fingerprint density at radius 1 is 1.39 bits per heavy atom. The summed E-state index contributed by atoms with van der Waals surface area (Å²) in [6.07, 6.45) is 0. The van der Waals surface area contributed by atoms with Gasteiger partial charge in [-0.1, -0.05) is 23.2 Å². The first kappa shape index (κ1) is 15.1. The third-order valence-corrected chi connectivity index (χ3v) is 2.91. The molecule has 0 radical (unpaired) electrons. The molecule has 0 aliphatic carbocycles. The van der Waals surface area contributed by atoms with Gasteiger partial charge in [0, 0.05) is 18.2 Å². The van der Waals surface area contributed by atoms with Crippen LogP contribution in [0.2, 0.25) is 10.0 Å². The maximum Gasteiger partial charge on any atom is 0.255 e. The summed E-state index contributed by atoms with van der Waals surface area (Å²) in [6, 6.07) is 2.98. The van der Waals surface area contributed by atoms with E-state index >= 15 is 0 Å². The Balaban J connectivity index is 2.95. The minimum atomic E-state index is -0.487. The van der Waals surface area contributed by atoms with Crippen LogP contribution in [0.1, 0.15) is 24.2 Å². The Kier molecular flexibility index (Phi) is 4.85. The van der Waals surface area contributed by atoms with Gasteiger partial charge in [0.15, 0.2) is 0 Å². The van der Waals surface area contributed by atoms with E-state index in [0.717, 1.165) is 0 Å². The van der Waals surface area contributed by atoms with Crippen LogP contribution in [0, 0.1) is 0 Å². The van der Waals surface area contributed by atoms with Crippen LogP contribution in [-0.4, -0.2) is 25.1 Å². The standard InChI is InChI=1S/C12H16Cl2N2O2/c1-12(2,15)6-16-11(17)7-4-8(13)9(14)5-10(7)18-3/h4-5H,6,15H2,1-3H3,(H,16,17). The number of benzene rings is 1. The SMILES string of the molecule is COc1cc(Cl)c(Cl)cc1C(=O)NCC(C)(C)N. The fraction of sp³-hybridized carbons (Fsp3) is 0.417. The van der Waals surface area contributed by atoms with Gasteiger partial charge in [0.2, 0.25) is 0 Å². The van der Waals surface area contributed by atoms with Crippen LogP contribution >= 0.6 is 23.2 Å². The van der Waals surface area contributed by atoms with Gasteiger partial charge in [-0.2, -0.15) is 0 Å². The Labute approximate surface area is 116 Å². The van der Waals surface area contributed by atoms with Crippen molar-refractivity contribution in [3.05, 3.63) is 27.7 Å². The highest BCUT2D eigenvalue weighted by Gasteiger charge is 2.18. The van der Waals surface area contributed by atoms with E-state index in [9.17, 15) is 4.79 Å². The summed E-state index contributed by atoms with van der Waals surface area (Å²) < 4.78 is 5.10. The van der Waals surface area contributed by atoms with Crippen LogP contribution in [-0.2, 0) is 0 Å². The van der Waals surface area contributed by atoms with Crippen molar-refractivity contribution in [2.75, 3.05) is 13.7 Å². The van der Waals surface area contributed by atoms with Gasteiger partial charge in [-0.05, 0) is 19.9 Å². The van der Waals surface area contributed by atoms with Crippen LogP contribution in [0.25, 0.3) is 0 Å². The Bertz CT molecular complexity index is 456. The van der Waals surface area contributed by atoms with Crippen molar-refractivity contribution in [2.24, 2.45) is 5.73 Å². The summed E-state index contributed by atoms with van der Waals surface area (Å²) in [5, 5.41) is 3.35. The smallest absolute Gasteiger partial charge is 0.255 e. The summed E-state index contributed by atoms with van der Waals surface area (Å²) in [6.45, 7) is 3.98. The number of carbonyl (C=O) groups excluding carboxylic acids is 1. The molecule has 1 aromatic carbocycles. The van der Waals surface area contributed by atoms with E-state index < -0.39 is 5.54 Å². The van der Waals surface area contributed by atoms with Crippen LogP contribution in [0.3, 0.4) is 0 Å². The van der Waals surface area contributed by atoms with Crippen molar-refractivity contribution in [1.29, 1.82) is 0 Å². The number of halogens is 2. The second-order valence-electron chi connectivity index (χ2n) is 4.64. The number of amides is 1. The zero-order valence-electron chi connectivity index (χ0n) is 10.5. The Morgan fingerprint density at radius 2 is 1.94 bits per heavy atom. The average molecular weight is 291 g/mol. The number of hydrogen-bond acceptors (Lipinski definition) is 3. The van der Waals surface area contributed by atoms with Gasteiger partial charge < -0.3 is 15.8 Å². The molecule has 18 heavy (non-hydrogen) atoms. The summed E-state index contributed by atoms with van der Waals surface area (Å²) in [7, 11) is 1.46. The Morgan fingerprint density at radius 3 is 2.44 bits per heavy atom. The molecule has 3 N–H and O–H groups in total. The van der Waals surface area contributed by atoms with E-state index in [2.05, 4.69) is 5.32 Å². The number of nitrogens with two attached hydrogens (primary N) is 1. The van der Waals surface area contributed by atoms with Crippen LogP contribution in [0.4, 0.5) is 0 Å². The molecule has 4 nitrogen and oxygen atoms in total. The first-order chi connectivity index (χ1) is 8.24. The van der Waals surface area contributed by atoms with Crippen LogP contribution < -0.4 is 15.8 Å². The summed E-state index contributed by atoms with van der Waals surface area (Å²) in [5.41, 5.74) is 5.64. The third kappa shape index (κ3) is 4.05. The van der Waals surface area contributed by atoms with Gasteiger partial charge in [0.05, 0.1) is 22.7 Å². The molecule has 0 aliphatic rings. The number of carbonyl (C=O) groups is 1. The van der Waals surface area contributed by atoms with E-state index in [1.165, 1.54) is 19.2 Å². The molecule has 1 rings (SSSR count). The number of nitrogens with one attached hydrogen (secondary N) is 1. The molecule has 0 saturated carbocycles. The van der Waals surface area contributed by atoms with Crippen molar-refractivity contribution in [3.63, 3.8) is 0 Å². The highest BCUT2D eigenvalue weighted by atomic mass is 35.5. The van der Waals surface area contributed by atoms with E-state index in [0.29, 0.717) is 27.9 Å². The molecule has 1 amide bonds. The van der Waals surface area contributed by atoms with Crippen molar-refractivity contribution in [1.82, 2.24) is 5.32 Å². The topological polar surface area (TPSA) is 64.3 Å².